The Morgan fingerprint density at radius 1 is 0.818 bits per heavy atom. The van der Waals surface area contributed by atoms with Crippen LogP contribution in [0.15, 0.2) is 18.2 Å². The molecule has 0 amide bonds. The standard InChI is InChI=1S/C29H43F3O/c1-2-3-4-5-6-20-7-9-21(10-8-20)22-11-12-24-18-25(14-13-23(24)17-22)26-15-16-28(27(30)19-26)33-29(31)32/h15-16,19-25,29H,2-14,17-18H2,1H3. The molecule has 1 aromatic carbocycles. The van der Waals surface area contributed by atoms with Gasteiger partial charge in [0.2, 0.25) is 0 Å². The van der Waals surface area contributed by atoms with Gasteiger partial charge in [-0.15, -0.1) is 0 Å². The van der Waals surface area contributed by atoms with Gasteiger partial charge in [0.1, 0.15) is 0 Å². The van der Waals surface area contributed by atoms with Crippen LogP contribution in [-0.2, 0) is 0 Å². The van der Waals surface area contributed by atoms with Crippen molar-refractivity contribution >= 4 is 0 Å². The average molecular weight is 465 g/mol. The Balaban J connectivity index is 1.23. The van der Waals surface area contributed by atoms with Gasteiger partial charge in [0.25, 0.3) is 0 Å². The SMILES string of the molecule is CCCCCCC1CCC(C2CCC3CC(c4ccc(OC(F)F)c(F)c4)CCC3C2)CC1. The molecular weight excluding hydrogens is 421 g/mol. The summed E-state index contributed by atoms with van der Waals surface area (Å²) in [6.45, 7) is -0.700. The number of unbranched alkanes of at least 4 members (excludes halogenated alkanes) is 3. The first-order chi connectivity index (χ1) is 16.0. The Kier molecular flexibility index (Phi) is 9.04. The van der Waals surface area contributed by atoms with Crippen molar-refractivity contribution in [2.24, 2.45) is 29.6 Å². The minimum absolute atomic E-state index is 0.348. The molecule has 3 aliphatic rings. The molecule has 186 valence electrons. The minimum Gasteiger partial charge on any atom is -0.432 e. The van der Waals surface area contributed by atoms with Crippen molar-refractivity contribution < 1.29 is 17.9 Å². The number of hydrogen-bond acceptors (Lipinski definition) is 1. The van der Waals surface area contributed by atoms with Gasteiger partial charge in [-0.2, -0.15) is 8.78 Å². The first-order valence-electron chi connectivity index (χ1n) is 13.8. The monoisotopic (exact) mass is 464 g/mol. The Bertz CT molecular complexity index is 728. The van der Waals surface area contributed by atoms with E-state index in [1.165, 1.54) is 95.6 Å². The van der Waals surface area contributed by atoms with Crippen molar-refractivity contribution in [1.29, 1.82) is 0 Å². The maximum absolute atomic E-state index is 14.2. The highest BCUT2D eigenvalue weighted by Gasteiger charge is 2.39. The molecule has 4 atom stereocenters. The molecule has 0 N–H and O–H groups in total. The van der Waals surface area contributed by atoms with Crippen molar-refractivity contribution in [2.45, 2.75) is 116 Å². The molecule has 1 aromatic rings. The molecule has 3 fully saturated rings. The Morgan fingerprint density at radius 2 is 1.48 bits per heavy atom. The highest BCUT2D eigenvalue weighted by atomic mass is 19.3. The van der Waals surface area contributed by atoms with Crippen LogP contribution < -0.4 is 4.74 Å². The summed E-state index contributed by atoms with van der Waals surface area (Å²) in [6.07, 6.45) is 20.4. The molecule has 0 spiro atoms. The first kappa shape index (κ1) is 24.9. The summed E-state index contributed by atoms with van der Waals surface area (Å²) in [4.78, 5) is 0. The number of halogens is 3. The predicted molar refractivity (Wildman–Crippen MR) is 128 cm³/mol. The summed E-state index contributed by atoms with van der Waals surface area (Å²) in [5.74, 6) is 3.77. The topological polar surface area (TPSA) is 9.23 Å². The molecule has 4 unspecified atom stereocenters. The van der Waals surface area contributed by atoms with Crippen LogP contribution in [0.3, 0.4) is 0 Å². The lowest BCUT2D eigenvalue weighted by Crippen LogP contribution is -2.34. The summed E-state index contributed by atoms with van der Waals surface area (Å²) in [5, 5.41) is 0. The number of alkyl halides is 2. The molecular formula is C29H43F3O. The van der Waals surface area contributed by atoms with Crippen molar-refractivity contribution in [3.8, 4) is 5.75 Å². The van der Waals surface area contributed by atoms with Crippen LogP contribution in [0.25, 0.3) is 0 Å². The summed E-state index contributed by atoms with van der Waals surface area (Å²) in [7, 11) is 0. The molecule has 0 aliphatic heterocycles. The molecule has 0 heterocycles. The average Bonchev–Trinajstić information content (AvgIpc) is 2.82. The lowest BCUT2D eigenvalue weighted by Gasteiger charge is -2.45. The predicted octanol–water partition coefficient (Wildman–Crippen LogP) is 9.50. The van der Waals surface area contributed by atoms with Gasteiger partial charge in [-0.3, -0.25) is 0 Å². The molecule has 4 rings (SSSR count). The van der Waals surface area contributed by atoms with E-state index in [4.69, 9.17) is 0 Å². The largest absolute Gasteiger partial charge is 0.432 e. The van der Waals surface area contributed by atoms with Crippen LogP contribution in [-0.4, -0.2) is 6.61 Å². The molecule has 0 saturated heterocycles. The van der Waals surface area contributed by atoms with Gasteiger partial charge in [0.05, 0.1) is 0 Å². The van der Waals surface area contributed by atoms with Crippen LogP contribution in [0.2, 0.25) is 0 Å². The van der Waals surface area contributed by atoms with E-state index in [9.17, 15) is 13.2 Å². The zero-order valence-electron chi connectivity index (χ0n) is 20.4. The zero-order chi connectivity index (χ0) is 23.2. The smallest absolute Gasteiger partial charge is 0.387 e. The fourth-order valence-electron chi connectivity index (χ4n) is 7.43. The lowest BCUT2D eigenvalue weighted by molar-refractivity contribution is -0.0522. The van der Waals surface area contributed by atoms with Crippen LogP contribution in [0.5, 0.6) is 5.75 Å². The molecule has 0 radical (unpaired) electrons. The van der Waals surface area contributed by atoms with E-state index < -0.39 is 12.4 Å². The Morgan fingerprint density at radius 3 is 2.18 bits per heavy atom. The van der Waals surface area contributed by atoms with E-state index in [1.807, 2.05) is 0 Å². The van der Waals surface area contributed by atoms with E-state index in [2.05, 4.69) is 11.7 Å². The van der Waals surface area contributed by atoms with Gasteiger partial charge >= 0.3 is 6.61 Å². The van der Waals surface area contributed by atoms with Gasteiger partial charge in [0, 0.05) is 0 Å². The zero-order valence-corrected chi connectivity index (χ0v) is 20.4. The van der Waals surface area contributed by atoms with Crippen molar-refractivity contribution in [3.63, 3.8) is 0 Å². The van der Waals surface area contributed by atoms with Gasteiger partial charge in [-0.1, -0.05) is 57.9 Å². The quantitative estimate of drug-likeness (QED) is 0.331. The van der Waals surface area contributed by atoms with E-state index >= 15 is 0 Å². The third-order valence-electron chi connectivity index (χ3n) is 9.32. The van der Waals surface area contributed by atoms with Gasteiger partial charge in [0.15, 0.2) is 11.6 Å². The molecule has 33 heavy (non-hydrogen) atoms. The maximum atomic E-state index is 14.2. The molecule has 4 heteroatoms. The number of hydrogen-bond donors (Lipinski definition) is 0. The maximum Gasteiger partial charge on any atom is 0.387 e. The van der Waals surface area contributed by atoms with Gasteiger partial charge in [-0.25, -0.2) is 4.39 Å². The summed E-state index contributed by atoms with van der Waals surface area (Å²) < 4.78 is 43.3. The van der Waals surface area contributed by atoms with E-state index in [0.717, 1.165) is 48.0 Å². The fraction of sp³-hybridized carbons (Fsp3) is 0.793. The Labute approximate surface area is 198 Å². The summed E-state index contributed by atoms with van der Waals surface area (Å²) in [5.41, 5.74) is 0.951. The number of ether oxygens (including phenoxy) is 1. The number of rotatable bonds is 9. The summed E-state index contributed by atoms with van der Waals surface area (Å²) >= 11 is 0. The van der Waals surface area contributed by atoms with Gasteiger partial charge in [-0.05, 0) is 105 Å². The van der Waals surface area contributed by atoms with Crippen molar-refractivity contribution in [3.05, 3.63) is 29.6 Å². The normalized spacial score (nSPS) is 32.5. The Hall–Kier alpha value is -1.19. The van der Waals surface area contributed by atoms with Crippen molar-refractivity contribution in [1.82, 2.24) is 0 Å². The second kappa shape index (κ2) is 12.0. The van der Waals surface area contributed by atoms with Crippen LogP contribution in [0.4, 0.5) is 13.2 Å². The molecule has 3 aliphatic carbocycles. The molecule has 0 bridgehead atoms. The second-order valence-electron chi connectivity index (χ2n) is 11.3. The third kappa shape index (κ3) is 6.69. The van der Waals surface area contributed by atoms with Crippen molar-refractivity contribution in [2.75, 3.05) is 0 Å². The number of fused-ring (bicyclic) bond motifs is 1. The van der Waals surface area contributed by atoms with Gasteiger partial charge < -0.3 is 4.74 Å². The van der Waals surface area contributed by atoms with E-state index in [1.54, 1.807) is 6.07 Å². The van der Waals surface area contributed by atoms with E-state index in [0.29, 0.717) is 5.92 Å². The minimum atomic E-state index is -2.99. The summed E-state index contributed by atoms with van der Waals surface area (Å²) in [6, 6.07) is 4.59. The molecule has 1 nitrogen and oxygen atoms in total. The van der Waals surface area contributed by atoms with E-state index in [-0.39, 0.29) is 5.75 Å². The second-order valence-corrected chi connectivity index (χ2v) is 11.3. The highest BCUT2D eigenvalue weighted by Crippen LogP contribution is 2.51. The van der Waals surface area contributed by atoms with Crippen LogP contribution >= 0.6 is 0 Å². The molecule has 3 saturated carbocycles. The van der Waals surface area contributed by atoms with Crippen LogP contribution in [0.1, 0.15) is 115 Å². The van der Waals surface area contributed by atoms with Crippen LogP contribution in [0, 0.1) is 35.4 Å². The number of benzene rings is 1. The highest BCUT2D eigenvalue weighted by molar-refractivity contribution is 5.31. The fourth-order valence-corrected chi connectivity index (χ4v) is 7.43. The first-order valence-corrected chi connectivity index (χ1v) is 13.8. The third-order valence-corrected chi connectivity index (χ3v) is 9.32. The molecule has 0 aromatic heterocycles. The lowest BCUT2D eigenvalue weighted by atomic mass is 9.60.